The van der Waals surface area contributed by atoms with Crippen LogP contribution in [0, 0.1) is 0 Å². The number of carbonyl (C=O) groups is 1. The molecule has 2 N–H and O–H groups in total. The number of para-hydroxylation sites is 2. The molecule has 5 nitrogen and oxygen atoms in total. The van der Waals surface area contributed by atoms with E-state index in [1.807, 2.05) is 30.3 Å². The quantitative estimate of drug-likeness (QED) is 0.913. The molecule has 1 saturated heterocycles. The highest BCUT2D eigenvalue weighted by atomic mass is 16.5. The molecule has 0 spiro atoms. The number of ether oxygens (including phenoxy) is 2. The van der Waals surface area contributed by atoms with E-state index in [2.05, 4.69) is 12.1 Å². The van der Waals surface area contributed by atoms with E-state index in [-0.39, 0.29) is 24.5 Å². The average Bonchev–Trinajstić information content (AvgIpc) is 3.02. The Labute approximate surface area is 142 Å². The average molecular weight is 326 g/mol. The molecule has 1 aliphatic heterocycles. The number of amides is 1. The Kier molecular flexibility index (Phi) is 5.01. The molecule has 24 heavy (non-hydrogen) atoms. The van der Waals surface area contributed by atoms with Gasteiger partial charge in [0.2, 0.25) is 0 Å². The fourth-order valence-corrected chi connectivity index (χ4v) is 3.05. The monoisotopic (exact) mass is 326 g/mol. The standard InChI is InChI=1S/C19H22N2O3/c1-23-17-9-5-6-10-18(17)24-13-19(22)21-11-15(16(20)12-21)14-7-3-2-4-8-14/h2-10,15-16H,11-13,20H2,1H3/t15-,16+/m0/s1. The first kappa shape index (κ1) is 16.3. The molecule has 2 aromatic rings. The smallest absolute Gasteiger partial charge is 0.260 e. The Hall–Kier alpha value is -2.53. The number of methoxy groups -OCH3 is 1. The molecule has 1 heterocycles. The minimum Gasteiger partial charge on any atom is -0.493 e. The third kappa shape index (κ3) is 3.51. The van der Waals surface area contributed by atoms with E-state index in [9.17, 15) is 4.79 Å². The summed E-state index contributed by atoms with van der Waals surface area (Å²) in [7, 11) is 1.58. The summed E-state index contributed by atoms with van der Waals surface area (Å²) in [5.41, 5.74) is 7.41. The van der Waals surface area contributed by atoms with E-state index in [4.69, 9.17) is 15.2 Å². The van der Waals surface area contributed by atoms with Crippen molar-refractivity contribution in [2.24, 2.45) is 5.73 Å². The molecule has 2 atom stereocenters. The van der Waals surface area contributed by atoms with Crippen molar-refractivity contribution < 1.29 is 14.3 Å². The van der Waals surface area contributed by atoms with Crippen molar-refractivity contribution in [3.63, 3.8) is 0 Å². The maximum atomic E-state index is 12.4. The van der Waals surface area contributed by atoms with Crippen molar-refractivity contribution in [3.8, 4) is 11.5 Å². The zero-order chi connectivity index (χ0) is 16.9. The van der Waals surface area contributed by atoms with Crippen LogP contribution >= 0.6 is 0 Å². The number of rotatable bonds is 5. The van der Waals surface area contributed by atoms with E-state index in [1.165, 1.54) is 5.56 Å². The number of nitrogens with zero attached hydrogens (tertiary/aromatic N) is 1. The van der Waals surface area contributed by atoms with Gasteiger partial charge in [-0.25, -0.2) is 0 Å². The van der Waals surface area contributed by atoms with Crippen LogP contribution in [0.4, 0.5) is 0 Å². The predicted molar refractivity (Wildman–Crippen MR) is 92.2 cm³/mol. The molecule has 0 saturated carbocycles. The number of hydrogen-bond acceptors (Lipinski definition) is 4. The molecule has 1 fully saturated rings. The summed E-state index contributed by atoms with van der Waals surface area (Å²) in [5, 5.41) is 0. The van der Waals surface area contributed by atoms with Crippen LogP contribution in [0.1, 0.15) is 11.5 Å². The molecular formula is C19H22N2O3. The topological polar surface area (TPSA) is 64.8 Å². The molecule has 0 bridgehead atoms. The van der Waals surface area contributed by atoms with Crippen LogP contribution in [0.15, 0.2) is 54.6 Å². The van der Waals surface area contributed by atoms with Gasteiger partial charge in [0, 0.05) is 25.0 Å². The molecule has 5 heteroatoms. The van der Waals surface area contributed by atoms with Crippen LogP contribution in [-0.4, -0.2) is 43.7 Å². The largest absolute Gasteiger partial charge is 0.493 e. The van der Waals surface area contributed by atoms with E-state index < -0.39 is 0 Å². The maximum absolute atomic E-state index is 12.4. The Morgan fingerprint density at radius 2 is 1.75 bits per heavy atom. The minimum atomic E-state index is -0.0604. The zero-order valence-corrected chi connectivity index (χ0v) is 13.7. The van der Waals surface area contributed by atoms with Crippen LogP contribution in [0.2, 0.25) is 0 Å². The van der Waals surface area contributed by atoms with Gasteiger partial charge in [-0.1, -0.05) is 42.5 Å². The van der Waals surface area contributed by atoms with Gasteiger partial charge in [-0.2, -0.15) is 0 Å². The number of carbonyl (C=O) groups excluding carboxylic acids is 1. The summed E-state index contributed by atoms with van der Waals surface area (Å²) in [6.07, 6.45) is 0. The predicted octanol–water partition coefficient (Wildman–Crippen LogP) is 2.03. The van der Waals surface area contributed by atoms with Gasteiger partial charge in [0.25, 0.3) is 5.91 Å². The van der Waals surface area contributed by atoms with Crippen molar-refractivity contribution >= 4 is 5.91 Å². The Morgan fingerprint density at radius 3 is 2.46 bits per heavy atom. The summed E-state index contributed by atoms with van der Waals surface area (Å²) in [6.45, 7) is 1.15. The second kappa shape index (κ2) is 7.36. The Balaban J connectivity index is 1.60. The number of hydrogen-bond donors (Lipinski definition) is 1. The molecule has 1 amide bonds. The molecule has 2 aromatic carbocycles. The van der Waals surface area contributed by atoms with Gasteiger partial charge in [0.15, 0.2) is 18.1 Å². The Morgan fingerprint density at radius 1 is 1.08 bits per heavy atom. The third-order valence-corrected chi connectivity index (χ3v) is 4.37. The molecule has 0 aromatic heterocycles. The van der Waals surface area contributed by atoms with Gasteiger partial charge >= 0.3 is 0 Å². The fourth-order valence-electron chi connectivity index (χ4n) is 3.05. The van der Waals surface area contributed by atoms with E-state index >= 15 is 0 Å². The highest BCUT2D eigenvalue weighted by Gasteiger charge is 2.33. The number of nitrogens with two attached hydrogens (primary N) is 1. The highest BCUT2D eigenvalue weighted by Crippen LogP contribution is 2.28. The van der Waals surface area contributed by atoms with Gasteiger partial charge < -0.3 is 20.1 Å². The van der Waals surface area contributed by atoms with Gasteiger partial charge in [-0.3, -0.25) is 4.79 Å². The van der Waals surface area contributed by atoms with Gasteiger partial charge in [-0.15, -0.1) is 0 Å². The van der Waals surface area contributed by atoms with Gasteiger partial charge in [-0.05, 0) is 17.7 Å². The molecule has 0 aliphatic carbocycles. The van der Waals surface area contributed by atoms with Crippen molar-refractivity contribution in [2.45, 2.75) is 12.0 Å². The van der Waals surface area contributed by atoms with Crippen molar-refractivity contribution in [1.29, 1.82) is 0 Å². The molecule has 3 rings (SSSR count). The van der Waals surface area contributed by atoms with Crippen LogP contribution < -0.4 is 15.2 Å². The number of likely N-dealkylation sites (tertiary alicyclic amines) is 1. The zero-order valence-electron chi connectivity index (χ0n) is 13.7. The van der Waals surface area contributed by atoms with Crippen LogP contribution in [-0.2, 0) is 4.79 Å². The molecule has 126 valence electrons. The Bertz CT molecular complexity index is 690. The molecule has 0 unspecified atom stereocenters. The van der Waals surface area contributed by atoms with Gasteiger partial charge in [0.05, 0.1) is 7.11 Å². The maximum Gasteiger partial charge on any atom is 0.260 e. The van der Waals surface area contributed by atoms with E-state index in [1.54, 1.807) is 24.1 Å². The summed E-state index contributed by atoms with van der Waals surface area (Å²) < 4.78 is 10.8. The lowest BCUT2D eigenvalue weighted by molar-refractivity contribution is -0.132. The first-order valence-electron chi connectivity index (χ1n) is 8.03. The lowest BCUT2D eigenvalue weighted by atomic mass is 9.95. The normalized spacial score (nSPS) is 20.0. The third-order valence-electron chi connectivity index (χ3n) is 4.37. The van der Waals surface area contributed by atoms with Gasteiger partial charge in [0.1, 0.15) is 0 Å². The minimum absolute atomic E-state index is 0.0192. The molecule has 1 aliphatic rings. The molecular weight excluding hydrogens is 304 g/mol. The molecule has 0 radical (unpaired) electrons. The van der Waals surface area contributed by atoms with Crippen LogP contribution in [0.25, 0.3) is 0 Å². The van der Waals surface area contributed by atoms with Crippen molar-refractivity contribution in [1.82, 2.24) is 4.90 Å². The SMILES string of the molecule is COc1ccccc1OCC(=O)N1C[C@@H](N)[C@H](c2ccccc2)C1. The summed E-state index contributed by atoms with van der Waals surface area (Å²) in [6, 6.07) is 17.3. The summed E-state index contributed by atoms with van der Waals surface area (Å²) in [5.74, 6) is 1.29. The second-order valence-electron chi connectivity index (χ2n) is 5.92. The lowest BCUT2D eigenvalue weighted by Gasteiger charge is -2.17. The van der Waals surface area contributed by atoms with E-state index in [0.29, 0.717) is 24.6 Å². The number of benzene rings is 2. The first-order valence-corrected chi connectivity index (χ1v) is 8.03. The fraction of sp³-hybridized carbons (Fsp3) is 0.316. The second-order valence-corrected chi connectivity index (χ2v) is 5.92. The highest BCUT2D eigenvalue weighted by molar-refractivity contribution is 5.78. The van der Waals surface area contributed by atoms with E-state index in [0.717, 1.165) is 0 Å². The summed E-state index contributed by atoms with van der Waals surface area (Å²) >= 11 is 0. The first-order chi connectivity index (χ1) is 11.7. The van der Waals surface area contributed by atoms with Crippen molar-refractivity contribution in [2.75, 3.05) is 26.8 Å². The lowest BCUT2D eigenvalue weighted by Crippen LogP contribution is -2.35. The van der Waals surface area contributed by atoms with Crippen LogP contribution in [0.5, 0.6) is 11.5 Å². The summed E-state index contributed by atoms with van der Waals surface area (Å²) in [4.78, 5) is 14.2. The van der Waals surface area contributed by atoms with Crippen LogP contribution in [0.3, 0.4) is 0 Å². The van der Waals surface area contributed by atoms with Crippen molar-refractivity contribution in [3.05, 3.63) is 60.2 Å².